The molecule has 266 valence electrons. The van der Waals surface area contributed by atoms with Crippen molar-refractivity contribution >= 4 is 17.5 Å². The van der Waals surface area contributed by atoms with Crippen molar-refractivity contribution in [3.63, 3.8) is 0 Å². The molecule has 0 saturated heterocycles. The predicted octanol–water partition coefficient (Wildman–Crippen LogP) is 7.19. The number of fused-ring (bicyclic) bond motifs is 1. The van der Waals surface area contributed by atoms with Gasteiger partial charge in [-0.25, -0.2) is 4.68 Å². The summed E-state index contributed by atoms with van der Waals surface area (Å²) in [6.07, 6.45) is 6.29. The average Bonchev–Trinajstić information content (AvgIpc) is 3.54. The Morgan fingerprint density at radius 1 is 0.920 bits per heavy atom. The highest BCUT2D eigenvalue weighted by Gasteiger charge is 2.32. The van der Waals surface area contributed by atoms with Crippen LogP contribution < -0.4 is 5.32 Å². The van der Waals surface area contributed by atoms with E-state index in [4.69, 9.17) is 9.84 Å². The summed E-state index contributed by atoms with van der Waals surface area (Å²) in [5, 5.41) is 18.7. The summed E-state index contributed by atoms with van der Waals surface area (Å²) in [6, 6.07) is 25.5. The first kappa shape index (κ1) is 36.8. The summed E-state index contributed by atoms with van der Waals surface area (Å²) >= 11 is 0. The first-order valence-electron chi connectivity index (χ1n) is 18.3. The molecule has 1 aliphatic heterocycles. The molecule has 0 bridgehead atoms. The fraction of sp³-hybridized carbons (Fsp3) is 0.439. The third-order valence-electron chi connectivity index (χ3n) is 9.40. The number of aryl methyl sites for hydroxylation is 1. The van der Waals surface area contributed by atoms with Crippen LogP contribution in [-0.2, 0) is 24.3 Å². The van der Waals surface area contributed by atoms with Crippen molar-refractivity contribution in [1.29, 1.82) is 0 Å². The van der Waals surface area contributed by atoms with Gasteiger partial charge in [-0.2, -0.15) is 5.10 Å². The van der Waals surface area contributed by atoms with Crippen LogP contribution in [0.5, 0.6) is 0 Å². The highest BCUT2D eigenvalue weighted by Crippen LogP contribution is 2.29. The van der Waals surface area contributed by atoms with Gasteiger partial charge in [0.25, 0.3) is 11.8 Å². The number of nitrogens with one attached hydrogen (secondary N) is 1. The number of unbranched alkanes of at least 4 members (excludes halogenated alkanes) is 3. The normalized spacial score (nSPS) is 14.0. The maximum Gasteiger partial charge on any atom is 0.274 e. The molecule has 0 fully saturated rings. The highest BCUT2D eigenvalue weighted by atomic mass is 16.5. The van der Waals surface area contributed by atoms with Gasteiger partial charge in [-0.1, -0.05) is 81.3 Å². The van der Waals surface area contributed by atoms with E-state index in [0.29, 0.717) is 56.2 Å². The van der Waals surface area contributed by atoms with Crippen LogP contribution in [0.3, 0.4) is 0 Å². The second-order valence-corrected chi connectivity index (χ2v) is 13.2. The van der Waals surface area contributed by atoms with E-state index in [2.05, 4.69) is 37.4 Å². The van der Waals surface area contributed by atoms with Crippen LogP contribution in [0.15, 0.2) is 78.9 Å². The van der Waals surface area contributed by atoms with Crippen LogP contribution in [0.1, 0.15) is 95.6 Å². The minimum atomic E-state index is -0.348. The minimum absolute atomic E-state index is 0.0827. The summed E-state index contributed by atoms with van der Waals surface area (Å²) in [5.74, 6) is -0.262. The number of carbonyl (C=O) groups excluding carboxylic acids is 2. The number of rotatable bonds is 18. The van der Waals surface area contributed by atoms with E-state index < -0.39 is 0 Å². The number of aliphatic hydroxyl groups is 1. The van der Waals surface area contributed by atoms with Crippen LogP contribution in [0.4, 0.5) is 5.69 Å². The number of benzene rings is 3. The van der Waals surface area contributed by atoms with Gasteiger partial charge in [-0.15, -0.1) is 0 Å². The molecule has 2 heterocycles. The molecule has 3 aromatic carbocycles. The number of carbonyl (C=O) groups is 2. The Hall–Kier alpha value is -4.47. The number of anilines is 1. The summed E-state index contributed by atoms with van der Waals surface area (Å²) in [6.45, 7) is 9.84. The molecule has 1 aromatic heterocycles. The number of amides is 2. The number of hydrogen-bond acceptors (Lipinski definition) is 6. The number of nitrogens with zero attached hydrogens (tertiary/aromatic N) is 4. The van der Waals surface area contributed by atoms with Gasteiger partial charge in [0, 0.05) is 44.2 Å². The van der Waals surface area contributed by atoms with Crippen molar-refractivity contribution < 1.29 is 19.4 Å². The molecule has 1 aliphatic rings. The van der Waals surface area contributed by atoms with Gasteiger partial charge in [-0.3, -0.25) is 9.59 Å². The first-order chi connectivity index (χ1) is 24.4. The summed E-state index contributed by atoms with van der Waals surface area (Å²) < 4.78 is 7.57. The molecule has 4 aromatic rings. The molecule has 5 rings (SSSR count). The summed E-state index contributed by atoms with van der Waals surface area (Å²) in [7, 11) is 0. The lowest BCUT2D eigenvalue weighted by Crippen LogP contribution is -2.46. The maximum atomic E-state index is 14.5. The number of aliphatic hydroxyl groups excluding tert-OH is 1. The van der Waals surface area contributed by atoms with Crippen LogP contribution in [0, 0.1) is 6.92 Å². The molecule has 2 N–H and O–H groups in total. The Bertz CT molecular complexity index is 1680. The lowest BCUT2D eigenvalue weighted by molar-refractivity contribution is 0.0544. The van der Waals surface area contributed by atoms with E-state index in [9.17, 15) is 14.7 Å². The SMILES string of the molecule is CCCCN(CCCC)C(=O)c1cc(C)n(-c2ccc(NCCCCOCc3ccccc3)cc2C(=O)N2Cc3ccccc3CC2CO)n1. The summed E-state index contributed by atoms with van der Waals surface area (Å²) in [5.41, 5.74) is 6.45. The number of hydrogen-bond donors (Lipinski definition) is 2. The van der Waals surface area contributed by atoms with Crippen molar-refractivity contribution in [1.82, 2.24) is 19.6 Å². The third kappa shape index (κ3) is 9.40. The van der Waals surface area contributed by atoms with Crippen molar-refractivity contribution in [2.24, 2.45) is 0 Å². The van der Waals surface area contributed by atoms with Crippen molar-refractivity contribution in [2.75, 3.05) is 38.2 Å². The molecule has 1 unspecified atom stereocenters. The van der Waals surface area contributed by atoms with Crippen molar-refractivity contribution in [3.05, 3.63) is 113 Å². The van der Waals surface area contributed by atoms with Gasteiger partial charge in [-0.05, 0) is 80.0 Å². The average molecular weight is 680 g/mol. The van der Waals surface area contributed by atoms with E-state index in [1.807, 2.05) is 72.5 Å². The zero-order valence-electron chi connectivity index (χ0n) is 29.9. The van der Waals surface area contributed by atoms with Crippen LogP contribution in [0.2, 0.25) is 0 Å². The van der Waals surface area contributed by atoms with Gasteiger partial charge in [0.15, 0.2) is 5.69 Å². The lowest BCUT2D eigenvalue weighted by Gasteiger charge is -2.36. The Morgan fingerprint density at radius 3 is 2.36 bits per heavy atom. The second kappa shape index (κ2) is 18.5. The van der Waals surface area contributed by atoms with Gasteiger partial charge in [0.1, 0.15) is 0 Å². The smallest absolute Gasteiger partial charge is 0.274 e. The molecule has 0 spiro atoms. The Balaban J connectivity index is 1.37. The maximum absolute atomic E-state index is 14.5. The number of aromatic nitrogens is 2. The van der Waals surface area contributed by atoms with E-state index in [1.165, 1.54) is 0 Å². The van der Waals surface area contributed by atoms with Crippen molar-refractivity contribution in [3.8, 4) is 5.69 Å². The van der Waals surface area contributed by atoms with Gasteiger partial charge in [0.2, 0.25) is 0 Å². The Kier molecular flexibility index (Phi) is 13.6. The summed E-state index contributed by atoms with van der Waals surface area (Å²) in [4.78, 5) is 31.9. The molecule has 0 radical (unpaired) electrons. The predicted molar refractivity (Wildman–Crippen MR) is 199 cm³/mol. The molecule has 9 heteroatoms. The topological polar surface area (TPSA) is 99.9 Å². The van der Waals surface area contributed by atoms with E-state index in [1.54, 1.807) is 9.58 Å². The fourth-order valence-electron chi connectivity index (χ4n) is 6.47. The molecule has 2 amide bonds. The molecule has 9 nitrogen and oxygen atoms in total. The third-order valence-corrected chi connectivity index (χ3v) is 9.40. The molecule has 1 atom stereocenters. The Labute approximate surface area is 297 Å². The van der Waals surface area contributed by atoms with E-state index >= 15 is 0 Å². The number of ether oxygens (including phenoxy) is 1. The van der Waals surface area contributed by atoms with Crippen LogP contribution >= 0.6 is 0 Å². The Morgan fingerprint density at radius 2 is 1.64 bits per heavy atom. The fourth-order valence-corrected chi connectivity index (χ4v) is 6.47. The van der Waals surface area contributed by atoms with Gasteiger partial charge in [0.05, 0.1) is 30.5 Å². The molecular weight excluding hydrogens is 626 g/mol. The quantitative estimate of drug-likeness (QED) is 0.108. The highest BCUT2D eigenvalue weighted by molar-refractivity contribution is 5.99. The van der Waals surface area contributed by atoms with E-state index in [0.717, 1.165) is 73.1 Å². The van der Waals surface area contributed by atoms with Crippen LogP contribution in [-0.4, -0.2) is 75.4 Å². The minimum Gasteiger partial charge on any atom is -0.394 e. The first-order valence-corrected chi connectivity index (χ1v) is 18.3. The van der Waals surface area contributed by atoms with E-state index in [-0.39, 0.29) is 24.5 Å². The molecule has 0 saturated carbocycles. The van der Waals surface area contributed by atoms with Gasteiger partial charge >= 0.3 is 0 Å². The zero-order chi connectivity index (χ0) is 35.3. The molecule has 0 aliphatic carbocycles. The molecule has 50 heavy (non-hydrogen) atoms. The second-order valence-electron chi connectivity index (χ2n) is 13.2. The largest absolute Gasteiger partial charge is 0.394 e. The molecular formula is C41H53N5O4. The van der Waals surface area contributed by atoms with Gasteiger partial charge < -0.3 is 25.0 Å². The standard InChI is InChI=1S/C41H53N5O4/c1-4-6-22-44(23-7-5-2)41(49)38-25-31(3)46(43-38)39-20-19-35(42-21-13-14-24-50-30-32-15-9-8-10-16-32)27-37(39)40(48)45-28-34-18-12-11-17-33(34)26-36(45)29-47/h8-12,15-20,25,27,36,42,47H,4-7,13-14,21-24,26,28-30H2,1-3H3. The monoisotopic (exact) mass is 679 g/mol. The zero-order valence-corrected chi connectivity index (χ0v) is 29.9. The van der Waals surface area contributed by atoms with Crippen LogP contribution in [0.25, 0.3) is 5.69 Å². The van der Waals surface area contributed by atoms with Crippen molar-refractivity contribution in [2.45, 2.75) is 84.9 Å². The lowest BCUT2D eigenvalue weighted by atomic mass is 9.93.